The molecule has 0 spiro atoms. The minimum absolute atomic E-state index is 0.253. The minimum Gasteiger partial charge on any atom is -0.296 e. The van der Waals surface area contributed by atoms with E-state index in [0.29, 0.717) is 22.3 Å². The average molecular weight is 447 g/mol. The fourth-order valence-electron chi connectivity index (χ4n) is 5.31. The zero-order valence-corrected chi connectivity index (χ0v) is 18.4. The zero-order valence-electron chi connectivity index (χ0n) is 17.5. The lowest BCUT2D eigenvalue weighted by Crippen LogP contribution is -2.32. The summed E-state index contributed by atoms with van der Waals surface area (Å²) in [6.07, 6.45) is 7.08. The highest BCUT2D eigenvalue weighted by atomic mass is 32.2. The van der Waals surface area contributed by atoms with Crippen LogP contribution in [-0.4, -0.2) is 36.4 Å². The smallest absolute Gasteiger partial charge is 0.268 e. The lowest BCUT2D eigenvalue weighted by molar-refractivity contribution is 0.275. The first-order valence-corrected chi connectivity index (χ1v) is 12.4. The Morgan fingerprint density at radius 1 is 0.969 bits per heavy atom. The normalized spacial score (nSPS) is 19.4. The molecule has 2 aliphatic rings. The lowest BCUT2D eigenvalue weighted by Gasteiger charge is -2.29. The van der Waals surface area contributed by atoms with Gasteiger partial charge in [-0.05, 0) is 61.0 Å². The summed E-state index contributed by atoms with van der Waals surface area (Å²) in [4.78, 5) is 2.72. The van der Waals surface area contributed by atoms with E-state index in [9.17, 15) is 12.8 Å². The minimum atomic E-state index is -3.88. The van der Waals surface area contributed by atoms with Crippen LogP contribution in [0.4, 0.5) is 4.39 Å². The third kappa shape index (κ3) is 3.01. The number of rotatable bonds is 3. The Balaban J connectivity index is 1.56. The summed E-state index contributed by atoms with van der Waals surface area (Å²) in [7, 11) is -3.88. The maximum absolute atomic E-state index is 14.2. The van der Waals surface area contributed by atoms with E-state index in [4.69, 9.17) is 0 Å². The second kappa shape index (κ2) is 7.29. The topological polar surface area (TPSA) is 42.3 Å². The van der Waals surface area contributed by atoms with Crippen molar-refractivity contribution >= 4 is 37.3 Å². The number of hydrogen-bond donors (Lipinski definition) is 0. The van der Waals surface area contributed by atoms with Gasteiger partial charge < -0.3 is 0 Å². The van der Waals surface area contributed by atoms with E-state index in [-0.39, 0.29) is 10.7 Å². The summed E-state index contributed by atoms with van der Waals surface area (Å²) < 4.78 is 43.3. The van der Waals surface area contributed by atoms with E-state index in [1.165, 1.54) is 22.5 Å². The van der Waals surface area contributed by atoms with Crippen molar-refractivity contribution in [1.29, 1.82) is 0 Å². The van der Waals surface area contributed by atoms with Gasteiger partial charge in [-0.3, -0.25) is 4.90 Å². The summed E-state index contributed by atoms with van der Waals surface area (Å²) in [5.74, 6) is -0.363. The van der Waals surface area contributed by atoms with Crippen molar-refractivity contribution in [1.82, 2.24) is 8.87 Å². The van der Waals surface area contributed by atoms with Crippen molar-refractivity contribution in [2.45, 2.75) is 30.2 Å². The Labute approximate surface area is 186 Å². The van der Waals surface area contributed by atoms with Crippen LogP contribution in [0.15, 0.2) is 77.8 Å². The summed E-state index contributed by atoms with van der Waals surface area (Å²) in [6, 6.07) is 17.6. The summed E-state index contributed by atoms with van der Waals surface area (Å²) in [5, 5.41) is 2.19. The molecule has 4 aromatic rings. The zero-order chi connectivity index (χ0) is 21.9. The molecule has 0 bridgehead atoms. The molecule has 1 aromatic heterocycles. The van der Waals surface area contributed by atoms with Crippen molar-refractivity contribution in [3.8, 4) is 0 Å². The van der Waals surface area contributed by atoms with E-state index < -0.39 is 10.0 Å². The van der Waals surface area contributed by atoms with Crippen LogP contribution in [0.3, 0.4) is 0 Å². The van der Waals surface area contributed by atoms with Crippen molar-refractivity contribution in [2.75, 3.05) is 13.1 Å². The van der Waals surface area contributed by atoms with Gasteiger partial charge in [0.1, 0.15) is 5.82 Å². The highest BCUT2D eigenvalue weighted by molar-refractivity contribution is 7.90. The summed E-state index contributed by atoms with van der Waals surface area (Å²) >= 11 is 0. The van der Waals surface area contributed by atoms with Gasteiger partial charge in [-0.15, -0.1) is 0 Å². The Bertz CT molecular complexity index is 1500. The molecule has 0 amide bonds. The van der Waals surface area contributed by atoms with Gasteiger partial charge in [-0.1, -0.05) is 42.5 Å². The molecule has 32 heavy (non-hydrogen) atoms. The van der Waals surface area contributed by atoms with Gasteiger partial charge in [0, 0.05) is 35.1 Å². The van der Waals surface area contributed by atoms with Gasteiger partial charge in [0.2, 0.25) is 0 Å². The number of aromatic nitrogens is 1. The van der Waals surface area contributed by atoms with Crippen molar-refractivity contribution < 1.29 is 12.8 Å². The van der Waals surface area contributed by atoms with E-state index in [1.807, 2.05) is 30.3 Å². The summed E-state index contributed by atoms with van der Waals surface area (Å²) in [5.41, 5.74) is 2.43. The third-order valence-corrected chi connectivity index (χ3v) is 8.62. The molecule has 1 saturated heterocycles. The van der Waals surface area contributed by atoms with Crippen LogP contribution in [0.25, 0.3) is 27.2 Å². The quantitative estimate of drug-likeness (QED) is 0.422. The molecule has 0 aliphatic carbocycles. The SMILES string of the molecule is O=S(=O)(c1cccc2ccccc12)n1cc(C2=CCN3CCC[C@@H]3C2)c2cc(F)ccc21. The fourth-order valence-corrected chi connectivity index (χ4v) is 6.89. The Morgan fingerprint density at radius 3 is 2.72 bits per heavy atom. The molecule has 4 nitrogen and oxygen atoms in total. The lowest BCUT2D eigenvalue weighted by atomic mass is 9.94. The van der Waals surface area contributed by atoms with Gasteiger partial charge in [-0.2, -0.15) is 0 Å². The predicted molar refractivity (Wildman–Crippen MR) is 126 cm³/mol. The van der Waals surface area contributed by atoms with Crippen LogP contribution in [0.5, 0.6) is 0 Å². The molecule has 6 rings (SSSR count). The van der Waals surface area contributed by atoms with Crippen molar-refractivity contribution in [2.24, 2.45) is 0 Å². The Kier molecular flexibility index (Phi) is 4.49. The third-order valence-electron chi connectivity index (χ3n) is 6.89. The molecular weight excluding hydrogens is 423 g/mol. The summed E-state index contributed by atoms with van der Waals surface area (Å²) in [6.45, 7) is 1.97. The second-order valence-electron chi connectivity index (χ2n) is 8.71. The highest BCUT2D eigenvalue weighted by Crippen LogP contribution is 2.38. The number of halogens is 1. The van der Waals surface area contributed by atoms with Crippen molar-refractivity contribution in [3.63, 3.8) is 0 Å². The molecule has 3 heterocycles. The molecule has 2 aliphatic heterocycles. The van der Waals surface area contributed by atoms with Crippen LogP contribution in [0, 0.1) is 5.82 Å². The number of nitrogens with zero attached hydrogens (tertiary/aromatic N) is 2. The predicted octanol–water partition coefficient (Wildman–Crippen LogP) is 5.42. The van der Waals surface area contributed by atoms with E-state index in [0.717, 1.165) is 42.5 Å². The molecule has 1 fully saturated rings. The van der Waals surface area contributed by atoms with Gasteiger partial charge in [0.05, 0.1) is 10.4 Å². The molecule has 6 heteroatoms. The Morgan fingerprint density at radius 2 is 1.81 bits per heavy atom. The number of benzene rings is 3. The molecular formula is C26H23FN2O2S. The molecule has 0 saturated carbocycles. The number of hydrogen-bond acceptors (Lipinski definition) is 3. The van der Waals surface area contributed by atoms with Crippen LogP contribution in [0.1, 0.15) is 24.8 Å². The van der Waals surface area contributed by atoms with Crippen LogP contribution < -0.4 is 0 Å². The molecule has 1 atom stereocenters. The Hall–Kier alpha value is -2.96. The van der Waals surface area contributed by atoms with Gasteiger partial charge >= 0.3 is 0 Å². The van der Waals surface area contributed by atoms with Gasteiger partial charge in [-0.25, -0.2) is 16.8 Å². The first kappa shape index (κ1) is 19.7. The molecule has 0 N–H and O–H groups in total. The average Bonchev–Trinajstić information content (AvgIpc) is 3.42. The van der Waals surface area contributed by atoms with Gasteiger partial charge in [0.25, 0.3) is 10.0 Å². The van der Waals surface area contributed by atoms with E-state index in [1.54, 1.807) is 24.4 Å². The molecule has 3 aromatic carbocycles. The maximum Gasteiger partial charge on any atom is 0.268 e. The van der Waals surface area contributed by atoms with E-state index in [2.05, 4.69) is 11.0 Å². The number of fused-ring (bicyclic) bond motifs is 3. The van der Waals surface area contributed by atoms with Crippen LogP contribution in [-0.2, 0) is 10.0 Å². The van der Waals surface area contributed by atoms with E-state index >= 15 is 0 Å². The standard InChI is InChI=1S/C26H23FN2O2S/c27-20-10-11-25-23(16-20)24(19-12-14-28-13-4-7-21(28)15-19)17-29(25)32(30,31)26-9-3-6-18-5-1-2-8-22(18)26/h1-3,5-6,8-12,16-17,21H,4,7,13-15H2/t21-/m1/s1. The van der Waals surface area contributed by atoms with Crippen LogP contribution in [0.2, 0.25) is 0 Å². The molecule has 0 radical (unpaired) electrons. The monoisotopic (exact) mass is 446 g/mol. The first-order valence-electron chi connectivity index (χ1n) is 11.0. The van der Waals surface area contributed by atoms with Crippen molar-refractivity contribution in [3.05, 3.63) is 84.3 Å². The fraction of sp³-hybridized carbons (Fsp3) is 0.231. The highest BCUT2D eigenvalue weighted by Gasteiger charge is 2.30. The maximum atomic E-state index is 14.2. The van der Waals surface area contributed by atoms with Crippen LogP contribution >= 0.6 is 0 Å². The molecule has 0 unspecified atom stereocenters. The van der Waals surface area contributed by atoms with Gasteiger partial charge in [0.15, 0.2) is 0 Å². The first-order chi connectivity index (χ1) is 15.5. The molecule has 162 valence electrons. The second-order valence-corrected chi connectivity index (χ2v) is 10.5. The largest absolute Gasteiger partial charge is 0.296 e.